The molecule has 0 rings (SSSR count). The van der Waals surface area contributed by atoms with Crippen LogP contribution in [0.4, 0.5) is 0 Å². The molecule has 0 aliphatic carbocycles. The van der Waals surface area contributed by atoms with Crippen molar-refractivity contribution in [2.75, 3.05) is 19.4 Å². The van der Waals surface area contributed by atoms with Crippen LogP contribution in [0.3, 0.4) is 0 Å². The predicted octanol–water partition coefficient (Wildman–Crippen LogP) is 10.5. The summed E-state index contributed by atoms with van der Waals surface area (Å²) < 4.78 is 24.5. The molecule has 0 saturated heterocycles. The first-order valence-electron chi connectivity index (χ1n) is 14.1. The van der Waals surface area contributed by atoms with Gasteiger partial charge < -0.3 is 9.05 Å². The standard InChI is InChI=1S/C27H57O3P/c1-4-7-10-12-13-14-15-16-17-18-19-20-22-24-26-30-31(28,27-9-6-3)29-25-23-21-11-8-5-2/h4-27H2,1-3H3. The smallest absolute Gasteiger partial charge is 0.309 e. The fraction of sp³-hybridized carbons (Fsp3) is 1.00. The minimum atomic E-state index is -2.88. The first-order valence-corrected chi connectivity index (χ1v) is 15.8. The summed E-state index contributed by atoms with van der Waals surface area (Å²) >= 11 is 0. The molecule has 0 amide bonds. The summed E-state index contributed by atoms with van der Waals surface area (Å²) in [6, 6.07) is 0. The Bertz CT molecular complexity index is 387. The maximum atomic E-state index is 13.0. The van der Waals surface area contributed by atoms with Crippen molar-refractivity contribution in [2.24, 2.45) is 0 Å². The molecular weight excluding hydrogens is 403 g/mol. The summed E-state index contributed by atoms with van der Waals surface area (Å²) in [6.07, 6.45) is 27.4. The number of hydrogen-bond donors (Lipinski definition) is 0. The van der Waals surface area contributed by atoms with E-state index in [9.17, 15) is 4.57 Å². The molecule has 0 aliphatic rings. The van der Waals surface area contributed by atoms with E-state index in [0.717, 1.165) is 25.7 Å². The van der Waals surface area contributed by atoms with Crippen LogP contribution in [0.5, 0.6) is 0 Å². The van der Waals surface area contributed by atoms with Gasteiger partial charge in [0.2, 0.25) is 0 Å². The summed E-state index contributed by atoms with van der Waals surface area (Å²) in [6.45, 7) is 7.81. The Morgan fingerprint density at radius 3 is 1.03 bits per heavy atom. The maximum Gasteiger partial charge on any atom is 0.330 e. The van der Waals surface area contributed by atoms with E-state index in [-0.39, 0.29) is 0 Å². The van der Waals surface area contributed by atoms with Crippen molar-refractivity contribution in [1.29, 1.82) is 0 Å². The van der Waals surface area contributed by atoms with Crippen LogP contribution < -0.4 is 0 Å². The molecule has 188 valence electrons. The molecule has 1 unspecified atom stereocenters. The number of unbranched alkanes of at least 4 members (excludes halogenated alkanes) is 18. The van der Waals surface area contributed by atoms with E-state index in [1.54, 1.807) is 0 Å². The molecule has 0 fully saturated rings. The van der Waals surface area contributed by atoms with Crippen LogP contribution in [0.1, 0.15) is 156 Å². The molecule has 3 nitrogen and oxygen atoms in total. The zero-order valence-corrected chi connectivity index (χ0v) is 22.5. The van der Waals surface area contributed by atoms with Gasteiger partial charge in [-0.05, 0) is 19.3 Å². The molecule has 0 aromatic carbocycles. The fourth-order valence-electron chi connectivity index (χ4n) is 3.93. The van der Waals surface area contributed by atoms with E-state index in [1.165, 1.54) is 109 Å². The highest BCUT2D eigenvalue weighted by molar-refractivity contribution is 7.53. The van der Waals surface area contributed by atoms with E-state index in [4.69, 9.17) is 9.05 Å². The van der Waals surface area contributed by atoms with Crippen LogP contribution >= 0.6 is 7.60 Å². The van der Waals surface area contributed by atoms with Crippen LogP contribution in [0, 0.1) is 0 Å². The van der Waals surface area contributed by atoms with Crippen molar-refractivity contribution in [3.8, 4) is 0 Å². The Hall–Kier alpha value is 0.150. The lowest BCUT2D eigenvalue weighted by molar-refractivity contribution is 0.197. The van der Waals surface area contributed by atoms with Crippen molar-refractivity contribution in [3.63, 3.8) is 0 Å². The first-order chi connectivity index (χ1) is 15.2. The highest BCUT2D eigenvalue weighted by atomic mass is 31.2. The average molecular weight is 461 g/mol. The van der Waals surface area contributed by atoms with E-state index < -0.39 is 7.60 Å². The van der Waals surface area contributed by atoms with Crippen molar-refractivity contribution in [1.82, 2.24) is 0 Å². The van der Waals surface area contributed by atoms with Gasteiger partial charge >= 0.3 is 7.60 Å². The molecule has 0 heterocycles. The molecule has 4 heteroatoms. The van der Waals surface area contributed by atoms with E-state index in [2.05, 4.69) is 20.8 Å². The topological polar surface area (TPSA) is 35.5 Å². The Kier molecular flexibility index (Phi) is 24.9. The molecule has 0 aromatic rings. The fourth-order valence-corrected chi connectivity index (χ4v) is 5.78. The van der Waals surface area contributed by atoms with Gasteiger partial charge in [-0.1, -0.05) is 136 Å². The first kappa shape index (κ1) is 31.1. The van der Waals surface area contributed by atoms with Gasteiger partial charge in [-0.3, -0.25) is 4.57 Å². The molecule has 0 aliphatic heterocycles. The highest BCUT2D eigenvalue weighted by Gasteiger charge is 2.23. The third-order valence-electron chi connectivity index (χ3n) is 6.11. The molecule has 0 saturated carbocycles. The molecule has 0 bridgehead atoms. The summed E-state index contributed by atoms with van der Waals surface area (Å²) in [5.74, 6) is 0. The number of rotatable bonds is 26. The summed E-state index contributed by atoms with van der Waals surface area (Å²) in [7, 11) is -2.88. The normalized spacial score (nSPS) is 13.5. The van der Waals surface area contributed by atoms with E-state index in [1.807, 2.05) is 0 Å². The molecule has 0 N–H and O–H groups in total. The van der Waals surface area contributed by atoms with Gasteiger partial charge in [0.1, 0.15) is 0 Å². The van der Waals surface area contributed by atoms with Crippen molar-refractivity contribution >= 4 is 7.60 Å². The van der Waals surface area contributed by atoms with Crippen LogP contribution in [0.15, 0.2) is 0 Å². The Balaban J connectivity index is 3.59. The molecule has 31 heavy (non-hydrogen) atoms. The Labute approximate surface area is 196 Å². The van der Waals surface area contributed by atoms with Gasteiger partial charge in [0, 0.05) is 0 Å². The predicted molar refractivity (Wildman–Crippen MR) is 138 cm³/mol. The SMILES string of the molecule is CCCCCCCCCCCCCCCCOP(=O)(CCCC)OCCCCCCC. The average Bonchev–Trinajstić information content (AvgIpc) is 2.77. The molecule has 1 atom stereocenters. The Morgan fingerprint density at radius 1 is 0.419 bits per heavy atom. The molecule has 0 aromatic heterocycles. The van der Waals surface area contributed by atoms with Gasteiger partial charge in [0.05, 0.1) is 19.4 Å². The summed E-state index contributed by atoms with van der Waals surface area (Å²) in [5.41, 5.74) is 0. The quantitative estimate of drug-likeness (QED) is 0.0951. The van der Waals surface area contributed by atoms with Crippen LogP contribution in [-0.2, 0) is 13.6 Å². The minimum absolute atomic E-state index is 0.580. The van der Waals surface area contributed by atoms with Gasteiger partial charge in [-0.15, -0.1) is 0 Å². The maximum absolute atomic E-state index is 13.0. The third-order valence-corrected chi connectivity index (χ3v) is 8.12. The van der Waals surface area contributed by atoms with Crippen LogP contribution in [0.25, 0.3) is 0 Å². The van der Waals surface area contributed by atoms with Crippen molar-refractivity contribution < 1.29 is 13.6 Å². The summed E-state index contributed by atoms with van der Waals surface area (Å²) in [5, 5.41) is 0. The van der Waals surface area contributed by atoms with Gasteiger partial charge in [0.25, 0.3) is 0 Å². The molecule has 0 radical (unpaired) electrons. The second kappa shape index (κ2) is 24.8. The molecular formula is C27H57O3P. The lowest BCUT2D eigenvalue weighted by Crippen LogP contribution is -2.03. The minimum Gasteiger partial charge on any atom is -0.309 e. The van der Waals surface area contributed by atoms with E-state index >= 15 is 0 Å². The monoisotopic (exact) mass is 460 g/mol. The largest absolute Gasteiger partial charge is 0.330 e. The zero-order chi connectivity index (χ0) is 22.9. The highest BCUT2D eigenvalue weighted by Crippen LogP contribution is 2.49. The van der Waals surface area contributed by atoms with Gasteiger partial charge in [-0.2, -0.15) is 0 Å². The van der Waals surface area contributed by atoms with Gasteiger partial charge in [-0.25, -0.2) is 0 Å². The third kappa shape index (κ3) is 23.1. The van der Waals surface area contributed by atoms with Crippen molar-refractivity contribution in [2.45, 2.75) is 156 Å². The Morgan fingerprint density at radius 2 is 0.710 bits per heavy atom. The van der Waals surface area contributed by atoms with Gasteiger partial charge in [0.15, 0.2) is 0 Å². The van der Waals surface area contributed by atoms with Crippen LogP contribution in [-0.4, -0.2) is 19.4 Å². The van der Waals surface area contributed by atoms with Crippen molar-refractivity contribution in [3.05, 3.63) is 0 Å². The van der Waals surface area contributed by atoms with Crippen LogP contribution in [0.2, 0.25) is 0 Å². The molecule has 0 spiro atoms. The lowest BCUT2D eigenvalue weighted by Gasteiger charge is -2.18. The lowest BCUT2D eigenvalue weighted by atomic mass is 10.0. The zero-order valence-electron chi connectivity index (χ0n) is 21.6. The second-order valence-electron chi connectivity index (χ2n) is 9.36. The number of hydrogen-bond acceptors (Lipinski definition) is 3. The van der Waals surface area contributed by atoms with E-state index in [0.29, 0.717) is 19.4 Å². The summed E-state index contributed by atoms with van der Waals surface area (Å²) in [4.78, 5) is 0. The second-order valence-corrected chi connectivity index (χ2v) is 11.6.